The third-order valence-electron chi connectivity index (χ3n) is 2.96. The molecular formula is C12H12BrF2NO. The van der Waals surface area contributed by atoms with E-state index >= 15 is 0 Å². The second-order valence-electron chi connectivity index (χ2n) is 4.14. The first kappa shape index (κ1) is 12.5. The molecule has 0 aromatic heterocycles. The van der Waals surface area contributed by atoms with Crippen LogP contribution in [0.25, 0.3) is 0 Å². The van der Waals surface area contributed by atoms with E-state index in [0.717, 1.165) is 16.4 Å². The van der Waals surface area contributed by atoms with Gasteiger partial charge in [0.2, 0.25) is 0 Å². The van der Waals surface area contributed by atoms with Crippen LogP contribution in [0.3, 0.4) is 0 Å². The lowest BCUT2D eigenvalue weighted by molar-refractivity contribution is -0.0220. The standard InChI is InChI=1S/C12H12BrF2NO/c13-10-3-1-2-9(8-17)11(10)16-6-4-12(14,15)5-7-16/h1-3,8H,4-7H2. The van der Waals surface area contributed by atoms with Crippen molar-refractivity contribution in [3.05, 3.63) is 28.2 Å². The minimum absolute atomic E-state index is 0.160. The summed E-state index contributed by atoms with van der Waals surface area (Å²) in [4.78, 5) is 12.8. The number of nitrogens with zero attached hydrogens (tertiary/aromatic N) is 1. The number of aldehydes is 1. The first-order valence-corrected chi connectivity index (χ1v) is 6.19. The molecule has 5 heteroatoms. The molecule has 17 heavy (non-hydrogen) atoms. The summed E-state index contributed by atoms with van der Waals surface area (Å²) >= 11 is 3.36. The van der Waals surface area contributed by atoms with Crippen molar-refractivity contribution in [1.29, 1.82) is 0 Å². The molecule has 0 spiro atoms. The summed E-state index contributed by atoms with van der Waals surface area (Å²) < 4.78 is 26.9. The van der Waals surface area contributed by atoms with Gasteiger partial charge in [-0.15, -0.1) is 0 Å². The minimum atomic E-state index is -2.57. The maximum Gasteiger partial charge on any atom is 0.251 e. The fourth-order valence-electron chi connectivity index (χ4n) is 2.02. The zero-order valence-corrected chi connectivity index (χ0v) is 10.7. The molecule has 0 bridgehead atoms. The number of carbonyl (C=O) groups excluding carboxylic acids is 1. The molecule has 1 aromatic rings. The maximum absolute atomic E-state index is 13.1. The molecule has 92 valence electrons. The normalized spacial score (nSPS) is 19.1. The van der Waals surface area contributed by atoms with Crippen molar-refractivity contribution in [3.63, 3.8) is 0 Å². The Balaban J connectivity index is 2.26. The van der Waals surface area contributed by atoms with E-state index < -0.39 is 5.92 Å². The van der Waals surface area contributed by atoms with Gasteiger partial charge in [0, 0.05) is 36.0 Å². The molecule has 1 saturated heterocycles. The summed E-state index contributed by atoms with van der Waals surface area (Å²) in [6.07, 6.45) is 0.437. The highest BCUT2D eigenvalue weighted by molar-refractivity contribution is 9.10. The first-order valence-electron chi connectivity index (χ1n) is 5.40. The Hall–Kier alpha value is -0.970. The van der Waals surface area contributed by atoms with Crippen LogP contribution in [0.2, 0.25) is 0 Å². The lowest BCUT2D eigenvalue weighted by Gasteiger charge is -2.34. The van der Waals surface area contributed by atoms with E-state index in [4.69, 9.17) is 0 Å². The fraction of sp³-hybridized carbons (Fsp3) is 0.417. The van der Waals surface area contributed by atoms with E-state index in [9.17, 15) is 13.6 Å². The fourth-order valence-corrected chi connectivity index (χ4v) is 2.65. The molecule has 1 aromatic carbocycles. The molecule has 1 aliphatic heterocycles. The second-order valence-corrected chi connectivity index (χ2v) is 4.99. The molecule has 1 heterocycles. The molecule has 0 saturated carbocycles. The Labute approximate surface area is 107 Å². The van der Waals surface area contributed by atoms with Gasteiger partial charge >= 0.3 is 0 Å². The summed E-state index contributed by atoms with van der Waals surface area (Å²) in [5.41, 5.74) is 1.25. The highest BCUT2D eigenvalue weighted by Gasteiger charge is 2.34. The molecule has 0 atom stereocenters. The van der Waals surface area contributed by atoms with Crippen LogP contribution in [0.4, 0.5) is 14.5 Å². The molecule has 2 rings (SSSR count). The lowest BCUT2D eigenvalue weighted by Crippen LogP contribution is -2.39. The van der Waals surface area contributed by atoms with Crippen LogP contribution in [-0.2, 0) is 0 Å². The zero-order chi connectivity index (χ0) is 12.5. The van der Waals surface area contributed by atoms with Gasteiger partial charge in [0.15, 0.2) is 6.29 Å². The Morgan fingerprint density at radius 2 is 1.94 bits per heavy atom. The lowest BCUT2D eigenvalue weighted by atomic mass is 10.0. The average Bonchev–Trinajstić information content (AvgIpc) is 2.29. The van der Waals surface area contributed by atoms with Crippen molar-refractivity contribution in [2.45, 2.75) is 18.8 Å². The number of carbonyl (C=O) groups is 1. The molecule has 2 nitrogen and oxygen atoms in total. The summed E-state index contributed by atoms with van der Waals surface area (Å²) in [5.74, 6) is -2.57. The molecule has 1 fully saturated rings. The van der Waals surface area contributed by atoms with Gasteiger partial charge in [0.05, 0.1) is 5.69 Å². The van der Waals surface area contributed by atoms with E-state index in [0.29, 0.717) is 5.56 Å². The number of hydrogen-bond donors (Lipinski definition) is 0. The highest BCUT2D eigenvalue weighted by atomic mass is 79.9. The third-order valence-corrected chi connectivity index (χ3v) is 3.60. The topological polar surface area (TPSA) is 20.3 Å². The number of piperidine rings is 1. The van der Waals surface area contributed by atoms with Gasteiger partial charge in [-0.3, -0.25) is 4.79 Å². The number of alkyl halides is 2. The average molecular weight is 304 g/mol. The van der Waals surface area contributed by atoms with Gasteiger partial charge in [0.1, 0.15) is 0 Å². The molecular weight excluding hydrogens is 292 g/mol. The molecule has 0 unspecified atom stereocenters. The summed E-state index contributed by atoms with van der Waals surface area (Å²) in [5, 5.41) is 0. The van der Waals surface area contributed by atoms with Crippen molar-refractivity contribution in [3.8, 4) is 0 Å². The minimum Gasteiger partial charge on any atom is -0.370 e. The first-order chi connectivity index (χ1) is 8.03. The highest BCUT2D eigenvalue weighted by Crippen LogP contribution is 2.35. The quantitative estimate of drug-likeness (QED) is 0.780. The maximum atomic E-state index is 13.1. The van der Waals surface area contributed by atoms with Gasteiger partial charge in [0.25, 0.3) is 5.92 Å². The monoisotopic (exact) mass is 303 g/mol. The van der Waals surface area contributed by atoms with Crippen LogP contribution in [-0.4, -0.2) is 25.3 Å². The predicted octanol–water partition coefficient (Wildman–Crippen LogP) is 3.50. The Morgan fingerprint density at radius 1 is 1.29 bits per heavy atom. The summed E-state index contributed by atoms with van der Waals surface area (Å²) in [6.45, 7) is 0.549. The number of anilines is 1. The molecule has 0 N–H and O–H groups in total. The van der Waals surface area contributed by atoms with Crippen LogP contribution in [0.5, 0.6) is 0 Å². The van der Waals surface area contributed by atoms with Crippen LogP contribution in [0.1, 0.15) is 23.2 Å². The van der Waals surface area contributed by atoms with Crippen LogP contribution in [0.15, 0.2) is 22.7 Å². The van der Waals surface area contributed by atoms with Crippen LogP contribution < -0.4 is 4.90 Å². The molecule has 0 aliphatic carbocycles. The van der Waals surface area contributed by atoms with Crippen molar-refractivity contribution in [2.75, 3.05) is 18.0 Å². The molecule has 0 radical (unpaired) electrons. The van der Waals surface area contributed by atoms with Crippen LogP contribution >= 0.6 is 15.9 Å². The Bertz CT molecular complexity index is 427. The number of para-hydroxylation sites is 1. The van der Waals surface area contributed by atoms with E-state index in [2.05, 4.69) is 15.9 Å². The number of halogens is 3. The van der Waals surface area contributed by atoms with Crippen molar-refractivity contribution in [1.82, 2.24) is 0 Å². The SMILES string of the molecule is O=Cc1cccc(Br)c1N1CCC(F)(F)CC1. The second kappa shape index (κ2) is 4.72. The smallest absolute Gasteiger partial charge is 0.251 e. The molecule has 0 amide bonds. The summed E-state index contributed by atoms with van der Waals surface area (Å²) in [6, 6.07) is 5.27. The van der Waals surface area contributed by atoms with Gasteiger partial charge in [-0.05, 0) is 28.1 Å². The number of benzene rings is 1. The van der Waals surface area contributed by atoms with Gasteiger partial charge in [-0.2, -0.15) is 0 Å². The van der Waals surface area contributed by atoms with E-state index in [1.165, 1.54) is 0 Å². The molecule has 1 aliphatic rings. The van der Waals surface area contributed by atoms with Crippen molar-refractivity contribution in [2.24, 2.45) is 0 Å². The third kappa shape index (κ3) is 2.65. The predicted molar refractivity (Wildman–Crippen MR) is 65.9 cm³/mol. The summed E-state index contributed by atoms with van der Waals surface area (Å²) in [7, 11) is 0. The van der Waals surface area contributed by atoms with Crippen LogP contribution in [0, 0.1) is 0 Å². The van der Waals surface area contributed by atoms with Crippen molar-refractivity contribution < 1.29 is 13.6 Å². The van der Waals surface area contributed by atoms with E-state index in [-0.39, 0.29) is 25.9 Å². The Kier molecular flexibility index (Phi) is 3.47. The van der Waals surface area contributed by atoms with E-state index in [1.807, 2.05) is 11.0 Å². The number of rotatable bonds is 2. The van der Waals surface area contributed by atoms with Gasteiger partial charge in [-0.1, -0.05) is 6.07 Å². The van der Waals surface area contributed by atoms with Gasteiger partial charge in [-0.25, -0.2) is 8.78 Å². The van der Waals surface area contributed by atoms with Crippen molar-refractivity contribution >= 4 is 27.9 Å². The zero-order valence-electron chi connectivity index (χ0n) is 9.13. The largest absolute Gasteiger partial charge is 0.370 e. The van der Waals surface area contributed by atoms with Gasteiger partial charge < -0.3 is 4.90 Å². The van der Waals surface area contributed by atoms with E-state index in [1.54, 1.807) is 12.1 Å². The Morgan fingerprint density at radius 3 is 2.53 bits per heavy atom. The number of hydrogen-bond acceptors (Lipinski definition) is 2.